The zero-order valence-corrected chi connectivity index (χ0v) is 17.1. The molecule has 1 unspecified atom stereocenters. The topological polar surface area (TPSA) is 20.2 Å². The van der Waals surface area contributed by atoms with Gasteiger partial charge in [-0.3, -0.25) is 0 Å². The maximum atomic E-state index is 10.3. The summed E-state index contributed by atoms with van der Waals surface area (Å²) < 4.78 is 5.66. The van der Waals surface area contributed by atoms with Gasteiger partial charge in [0.1, 0.15) is 0 Å². The van der Waals surface area contributed by atoms with E-state index in [-0.39, 0.29) is 6.10 Å². The summed E-state index contributed by atoms with van der Waals surface area (Å²) in [6.07, 6.45) is 11.6. The van der Waals surface area contributed by atoms with Gasteiger partial charge in [0.15, 0.2) is 0 Å². The van der Waals surface area contributed by atoms with Crippen molar-refractivity contribution in [1.29, 1.82) is 0 Å². The van der Waals surface area contributed by atoms with E-state index in [0.717, 1.165) is 0 Å². The van der Waals surface area contributed by atoms with Crippen LogP contribution in [-0.2, 0) is 0 Å². The number of aliphatic hydroxyl groups is 1. The van der Waals surface area contributed by atoms with Gasteiger partial charge in [-0.25, -0.2) is 0 Å². The van der Waals surface area contributed by atoms with Crippen LogP contribution in [0, 0.1) is 0 Å². The molecule has 20 heavy (non-hydrogen) atoms. The second-order valence-corrected chi connectivity index (χ2v) is 19.4. The van der Waals surface area contributed by atoms with Gasteiger partial charge >= 0.3 is 131 Å². The first kappa shape index (κ1) is 20.2. The van der Waals surface area contributed by atoms with Crippen molar-refractivity contribution in [2.45, 2.75) is 85.6 Å². The van der Waals surface area contributed by atoms with Gasteiger partial charge in [-0.2, -0.15) is 0 Å². The Morgan fingerprint density at radius 2 is 1.40 bits per heavy atom. The molecule has 0 aromatic carbocycles. The van der Waals surface area contributed by atoms with Crippen molar-refractivity contribution >= 4 is 18.4 Å². The van der Waals surface area contributed by atoms with E-state index < -0.39 is 18.4 Å². The zero-order chi connectivity index (χ0) is 15.4. The number of rotatable bonds is 12. The minimum absolute atomic E-state index is 0.269. The standard InChI is InChI=1S/C6H9O.3C4H9.Sn/c1-3-4-5-6(2)7;3*1-3-4-2;/h3-4,6-7H,1H2,2H3;3*1,3-4H2,2H3;. The normalized spacial score (nSPS) is 14.3. The third-order valence-electron chi connectivity index (χ3n) is 4.39. The number of allylic oxidation sites excluding steroid dienone is 2. The van der Waals surface area contributed by atoms with Crippen LogP contribution >= 0.6 is 0 Å². The molecule has 0 aliphatic carbocycles. The van der Waals surface area contributed by atoms with Crippen molar-refractivity contribution in [1.82, 2.24) is 0 Å². The van der Waals surface area contributed by atoms with Crippen molar-refractivity contribution in [2.75, 3.05) is 0 Å². The number of hydrogen-bond donors (Lipinski definition) is 1. The van der Waals surface area contributed by atoms with Gasteiger partial charge in [0, 0.05) is 0 Å². The Hall–Kier alpha value is 0.239. The Bertz CT molecular complexity index is 259. The van der Waals surface area contributed by atoms with E-state index in [1.165, 1.54) is 55.4 Å². The van der Waals surface area contributed by atoms with E-state index in [4.69, 9.17) is 0 Å². The number of aliphatic hydroxyl groups excluding tert-OH is 1. The Labute approximate surface area is 131 Å². The first-order valence-electron chi connectivity index (χ1n) is 8.59. The molecule has 1 atom stereocenters. The molecule has 2 heteroatoms. The van der Waals surface area contributed by atoms with E-state index in [9.17, 15) is 5.11 Å². The van der Waals surface area contributed by atoms with Gasteiger partial charge in [-0.05, 0) is 0 Å². The van der Waals surface area contributed by atoms with Gasteiger partial charge in [0.05, 0.1) is 0 Å². The van der Waals surface area contributed by atoms with Gasteiger partial charge in [0.25, 0.3) is 0 Å². The monoisotopic (exact) mass is 388 g/mol. The van der Waals surface area contributed by atoms with Crippen LogP contribution in [0.25, 0.3) is 0 Å². The molecule has 0 amide bonds. The van der Waals surface area contributed by atoms with Crippen LogP contribution in [0.2, 0.25) is 13.3 Å². The van der Waals surface area contributed by atoms with Gasteiger partial charge < -0.3 is 0 Å². The van der Waals surface area contributed by atoms with Crippen LogP contribution in [0.1, 0.15) is 66.2 Å². The van der Waals surface area contributed by atoms with Crippen LogP contribution in [0.4, 0.5) is 0 Å². The SMILES string of the molecule is C=C/C=[C](\C(C)O)[Sn]([CH2]CCC)([CH2]CCC)[CH2]CCC. The summed E-state index contributed by atoms with van der Waals surface area (Å²) in [6, 6.07) is 0. The first-order valence-corrected chi connectivity index (χ1v) is 16.1. The average molecular weight is 387 g/mol. The molecule has 0 bridgehead atoms. The van der Waals surface area contributed by atoms with Crippen molar-refractivity contribution < 1.29 is 5.11 Å². The van der Waals surface area contributed by atoms with Gasteiger partial charge in [0.2, 0.25) is 0 Å². The molecule has 0 saturated carbocycles. The number of unbranched alkanes of at least 4 members (excludes halogenated alkanes) is 3. The third-order valence-corrected chi connectivity index (χ3v) is 20.8. The summed E-state index contributed by atoms with van der Waals surface area (Å²) in [5.74, 6) is 0. The number of hydrogen-bond acceptors (Lipinski definition) is 1. The molecule has 0 aromatic rings. The third kappa shape index (κ3) is 6.80. The van der Waals surface area contributed by atoms with Crippen LogP contribution in [0.3, 0.4) is 0 Å². The Kier molecular flexibility index (Phi) is 12.0. The van der Waals surface area contributed by atoms with E-state index in [1.54, 1.807) is 0 Å². The van der Waals surface area contributed by atoms with E-state index in [0.29, 0.717) is 0 Å². The summed E-state index contributed by atoms with van der Waals surface area (Å²) in [5, 5.41) is 10.3. The van der Waals surface area contributed by atoms with Crippen LogP contribution < -0.4 is 0 Å². The summed E-state index contributed by atoms with van der Waals surface area (Å²) in [5.41, 5.74) is 0. The molecule has 0 radical (unpaired) electrons. The Morgan fingerprint density at radius 1 is 1.00 bits per heavy atom. The molecule has 0 aliphatic rings. The molecule has 0 heterocycles. The fourth-order valence-electron chi connectivity index (χ4n) is 3.24. The quantitative estimate of drug-likeness (QED) is 0.328. The molecule has 1 N–H and O–H groups in total. The molecule has 0 saturated heterocycles. The van der Waals surface area contributed by atoms with E-state index in [1.807, 2.05) is 13.0 Å². The van der Waals surface area contributed by atoms with E-state index in [2.05, 4.69) is 33.4 Å². The van der Waals surface area contributed by atoms with Crippen molar-refractivity contribution in [3.05, 3.63) is 22.3 Å². The molecule has 118 valence electrons. The van der Waals surface area contributed by atoms with Crippen molar-refractivity contribution in [3.8, 4) is 0 Å². The fraction of sp³-hybridized carbons (Fsp3) is 0.778. The maximum absolute atomic E-state index is 10.3. The predicted octanol–water partition coefficient (Wildman–Crippen LogP) is 5.87. The zero-order valence-electron chi connectivity index (χ0n) is 14.3. The molecule has 0 aliphatic heterocycles. The first-order chi connectivity index (χ1) is 9.57. The van der Waals surface area contributed by atoms with Crippen LogP contribution in [-0.4, -0.2) is 29.6 Å². The molecule has 0 fully saturated rings. The van der Waals surface area contributed by atoms with E-state index >= 15 is 0 Å². The Morgan fingerprint density at radius 3 is 1.65 bits per heavy atom. The minimum atomic E-state index is -2.41. The second-order valence-electron chi connectivity index (χ2n) is 6.12. The fourth-order valence-corrected chi connectivity index (χ4v) is 20.5. The van der Waals surface area contributed by atoms with Crippen LogP contribution in [0.15, 0.2) is 22.3 Å². The summed E-state index contributed by atoms with van der Waals surface area (Å²) in [4.78, 5) is 0. The average Bonchev–Trinajstić information content (AvgIpc) is 2.44. The van der Waals surface area contributed by atoms with Gasteiger partial charge in [-0.1, -0.05) is 0 Å². The van der Waals surface area contributed by atoms with Crippen molar-refractivity contribution in [3.63, 3.8) is 0 Å². The van der Waals surface area contributed by atoms with Gasteiger partial charge in [-0.15, -0.1) is 0 Å². The van der Waals surface area contributed by atoms with Crippen molar-refractivity contribution in [2.24, 2.45) is 0 Å². The summed E-state index contributed by atoms with van der Waals surface area (Å²) >= 11 is -2.41. The molecular weight excluding hydrogens is 351 g/mol. The summed E-state index contributed by atoms with van der Waals surface area (Å²) in [7, 11) is 0. The molecule has 0 rings (SSSR count). The second kappa shape index (κ2) is 11.9. The molecule has 0 spiro atoms. The molecule has 1 nitrogen and oxygen atoms in total. The van der Waals surface area contributed by atoms with Crippen LogP contribution in [0.5, 0.6) is 0 Å². The summed E-state index contributed by atoms with van der Waals surface area (Å²) in [6.45, 7) is 12.7. The molecular formula is C18H36OSn. The molecule has 0 aromatic heterocycles. The predicted molar refractivity (Wildman–Crippen MR) is 94.9 cm³/mol. The Balaban J connectivity index is 5.38.